The summed E-state index contributed by atoms with van der Waals surface area (Å²) in [5, 5.41) is 0. The maximum Gasteiger partial charge on any atom is 0.313 e. The van der Waals surface area contributed by atoms with Crippen molar-refractivity contribution in [2.75, 3.05) is 7.11 Å². The molecule has 18 heavy (non-hydrogen) atoms. The van der Waals surface area contributed by atoms with E-state index in [1.807, 2.05) is 6.07 Å². The van der Waals surface area contributed by atoms with Gasteiger partial charge in [0.1, 0.15) is 0 Å². The summed E-state index contributed by atoms with van der Waals surface area (Å²) >= 11 is 0. The third-order valence-electron chi connectivity index (χ3n) is 4.00. The number of hydrogen-bond donors (Lipinski definition) is 0. The predicted octanol–water partition coefficient (Wildman–Crippen LogP) is 3.87. The molecule has 1 aliphatic carbocycles. The minimum atomic E-state index is -0.133. The van der Waals surface area contributed by atoms with E-state index >= 15 is 0 Å². The fourth-order valence-electron chi connectivity index (χ4n) is 2.77. The zero-order valence-corrected chi connectivity index (χ0v) is 11.5. The van der Waals surface area contributed by atoms with Crippen molar-refractivity contribution in [3.63, 3.8) is 0 Å². The second kappa shape index (κ2) is 5.55. The summed E-state index contributed by atoms with van der Waals surface area (Å²) in [5.74, 6) is 0.661. The summed E-state index contributed by atoms with van der Waals surface area (Å²) in [6.45, 7) is 4.16. The smallest absolute Gasteiger partial charge is 0.313 e. The van der Waals surface area contributed by atoms with Gasteiger partial charge in [0.05, 0.1) is 13.0 Å². The Morgan fingerprint density at radius 3 is 2.44 bits per heavy atom. The Morgan fingerprint density at radius 2 is 1.94 bits per heavy atom. The third-order valence-corrected chi connectivity index (χ3v) is 4.00. The van der Waals surface area contributed by atoms with Crippen LogP contribution in [0.1, 0.15) is 56.1 Å². The van der Waals surface area contributed by atoms with E-state index in [1.165, 1.54) is 37.5 Å². The average molecular weight is 246 g/mol. The number of esters is 1. The van der Waals surface area contributed by atoms with Crippen LogP contribution in [0.2, 0.25) is 0 Å². The lowest BCUT2D eigenvalue weighted by Gasteiger charge is -2.30. The molecular formula is C16H22O2. The zero-order chi connectivity index (χ0) is 13.1. The van der Waals surface area contributed by atoms with Crippen molar-refractivity contribution in [3.8, 4) is 0 Å². The summed E-state index contributed by atoms with van der Waals surface area (Å²) in [7, 11) is 1.48. The first-order valence-electron chi connectivity index (χ1n) is 6.81. The molecule has 2 heteroatoms. The van der Waals surface area contributed by atoms with Crippen molar-refractivity contribution >= 4 is 5.97 Å². The first-order valence-corrected chi connectivity index (χ1v) is 6.81. The van der Waals surface area contributed by atoms with Gasteiger partial charge in [-0.3, -0.25) is 4.79 Å². The van der Waals surface area contributed by atoms with E-state index in [4.69, 9.17) is 4.74 Å². The Morgan fingerprint density at radius 1 is 1.28 bits per heavy atom. The summed E-state index contributed by atoms with van der Waals surface area (Å²) < 4.78 is 4.98. The second-order valence-electron chi connectivity index (χ2n) is 5.50. The van der Waals surface area contributed by atoms with Gasteiger partial charge in [0.15, 0.2) is 0 Å². The molecule has 1 aromatic carbocycles. The first kappa shape index (κ1) is 13.1. The molecular weight excluding hydrogens is 224 g/mol. The number of benzene rings is 1. The fourth-order valence-corrected chi connectivity index (χ4v) is 2.77. The first-order chi connectivity index (χ1) is 8.65. The van der Waals surface area contributed by atoms with Crippen molar-refractivity contribution in [1.29, 1.82) is 0 Å². The topological polar surface area (TPSA) is 26.3 Å². The van der Waals surface area contributed by atoms with E-state index in [0.29, 0.717) is 5.92 Å². The van der Waals surface area contributed by atoms with E-state index in [-0.39, 0.29) is 17.8 Å². The van der Waals surface area contributed by atoms with E-state index in [2.05, 4.69) is 32.0 Å². The predicted molar refractivity (Wildman–Crippen MR) is 72.6 cm³/mol. The lowest BCUT2D eigenvalue weighted by Crippen LogP contribution is -2.23. The van der Waals surface area contributed by atoms with Crippen LogP contribution in [0.25, 0.3) is 0 Å². The highest BCUT2D eigenvalue weighted by atomic mass is 16.5. The van der Waals surface area contributed by atoms with Crippen LogP contribution < -0.4 is 0 Å². The number of carbonyl (C=O) groups excluding carboxylic acids is 1. The van der Waals surface area contributed by atoms with Crippen LogP contribution >= 0.6 is 0 Å². The molecule has 2 nitrogen and oxygen atoms in total. The van der Waals surface area contributed by atoms with Crippen LogP contribution in [-0.4, -0.2) is 13.1 Å². The maximum absolute atomic E-state index is 12.0. The van der Waals surface area contributed by atoms with Crippen LogP contribution in [0.4, 0.5) is 0 Å². The largest absolute Gasteiger partial charge is 0.469 e. The lowest BCUT2D eigenvalue weighted by atomic mass is 9.74. The minimum absolute atomic E-state index is 0.114. The number of carbonyl (C=O) groups is 1. The highest BCUT2D eigenvalue weighted by Crippen LogP contribution is 2.41. The molecule has 0 bridgehead atoms. The van der Waals surface area contributed by atoms with Gasteiger partial charge in [-0.1, -0.05) is 44.5 Å². The Bertz CT molecular complexity index is 419. The molecule has 1 fully saturated rings. The molecule has 98 valence electrons. The summed E-state index contributed by atoms with van der Waals surface area (Å²) in [6.07, 6.45) is 3.82. The van der Waals surface area contributed by atoms with Crippen LogP contribution in [0.3, 0.4) is 0 Å². The fraction of sp³-hybridized carbons (Fsp3) is 0.562. The van der Waals surface area contributed by atoms with Gasteiger partial charge >= 0.3 is 5.97 Å². The van der Waals surface area contributed by atoms with Crippen molar-refractivity contribution in [1.82, 2.24) is 0 Å². The summed E-state index contributed by atoms with van der Waals surface area (Å²) in [5.41, 5.74) is 2.52. The van der Waals surface area contributed by atoms with Crippen molar-refractivity contribution < 1.29 is 9.53 Å². The molecule has 2 rings (SSSR count). The van der Waals surface area contributed by atoms with Gasteiger partial charge < -0.3 is 4.74 Å². The SMILES string of the molecule is COC(=O)C(c1ccccc1C1CCC1)C(C)C. The highest BCUT2D eigenvalue weighted by Gasteiger charge is 2.30. The van der Waals surface area contributed by atoms with Gasteiger partial charge in [0.25, 0.3) is 0 Å². The van der Waals surface area contributed by atoms with Gasteiger partial charge in [-0.2, -0.15) is 0 Å². The van der Waals surface area contributed by atoms with Gasteiger partial charge in [-0.15, -0.1) is 0 Å². The van der Waals surface area contributed by atoms with Gasteiger partial charge in [-0.05, 0) is 35.8 Å². The molecule has 1 saturated carbocycles. The Balaban J connectivity index is 2.37. The molecule has 0 radical (unpaired) electrons. The zero-order valence-electron chi connectivity index (χ0n) is 11.5. The van der Waals surface area contributed by atoms with Crippen LogP contribution in [-0.2, 0) is 9.53 Å². The van der Waals surface area contributed by atoms with Crippen molar-refractivity contribution in [2.24, 2.45) is 5.92 Å². The molecule has 1 aliphatic rings. The third kappa shape index (κ3) is 2.43. The molecule has 0 heterocycles. The number of rotatable bonds is 4. The van der Waals surface area contributed by atoms with Gasteiger partial charge in [-0.25, -0.2) is 0 Å². The monoisotopic (exact) mass is 246 g/mol. The van der Waals surface area contributed by atoms with E-state index in [0.717, 1.165) is 0 Å². The minimum Gasteiger partial charge on any atom is -0.469 e. The molecule has 0 spiro atoms. The molecule has 1 atom stereocenters. The van der Waals surface area contributed by atoms with E-state index in [1.54, 1.807) is 0 Å². The van der Waals surface area contributed by atoms with Crippen LogP contribution in [0, 0.1) is 5.92 Å². The average Bonchev–Trinajstić information content (AvgIpc) is 2.28. The number of methoxy groups -OCH3 is 1. The van der Waals surface area contributed by atoms with Crippen molar-refractivity contribution in [3.05, 3.63) is 35.4 Å². The molecule has 0 N–H and O–H groups in total. The van der Waals surface area contributed by atoms with E-state index < -0.39 is 0 Å². The number of hydrogen-bond acceptors (Lipinski definition) is 2. The maximum atomic E-state index is 12.0. The molecule has 1 aromatic rings. The summed E-state index contributed by atoms with van der Waals surface area (Å²) in [4.78, 5) is 12.0. The molecule has 0 aromatic heterocycles. The highest BCUT2D eigenvalue weighted by molar-refractivity contribution is 5.79. The number of ether oxygens (including phenoxy) is 1. The molecule has 1 unspecified atom stereocenters. The molecule has 0 aliphatic heterocycles. The standard InChI is InChI=1S/C16H22O2/c1-11(2)15(16(17)18-3)14-10-5-4-9-13(14)12-7-6-8-12/h4-5,9-12,15H,6-8H2,1-3H3. The van der Waals surface area contributed by atoms with Crippen LogP contribution in [0.5, 0.6) is 0 Å². The Kier molecular flexibility index (Phi) is 4.05. The van der Waals surface area contributed by atoms with Gasteiger partial charge in [0.2, 0.25) is 0 Å². The van der Waals surface area contributed by atoms with Crippen molar-refractivity contribution in [2.45, 2.75) is 44.9 Å². The second-order valence-corrected chi connectivity index (χ2v) is 5.50. The van der Waals surface area contributed by atoms with Gasteiger partial charge in [0, 0.05) is 0 Å². The molecule has 0 amide bonds. The summed E-state index contributed by atoms with van der Waals surface area (Å²) in [6, 6.07) is 8.37. The van der Waals surface area contributed by atoms with E-state index in [9.17, 15) is 4.79 Å². The molecule has 0 saturated heterocycles. The quantitative estimate of drug-likeness (QED) is 0.754. The normalized spacial score (nSPS) is 17.3. The van der Waals surface area contributed by atoms with Crippen LogP contribution in [0.15, 0.2) is 24.3 Å². The lowest BCUT2D eigenvalue weighted by molar-refractivity contribution is -0.143. The Labute approximate surface area is 109 Å². The Hall–Kier alpha value is -1.31.